The normalized spacial score (nSPS) is 10.8. The van der Waals surface area contributed by atoms with Crippen LogP contribution in [0.25, 0.3) is 0 Å². The van der Waals surface area contributed by atoms with Gasteiger partial charge in [-0.05, 0) is 48.6 Å². The number of thiocarbonyl (C=S) groups is 1. The molecule has 0 spiro atoms. The minimum atomic E-state index is -4.73. The maximum absolute atomic E-state index is 12.1. The fourth-order valence-corrected chi connectivity index (χ4v) is 2.16. The average molecular weight is 372 g/mol. The van der Waals surface area contributed by atoms with Crippen LogP contribution in [-0.4, -0.2) is 25.7 Å². The van der Waals surface area contributed by atoms with Crippen molar-refractivity contribution in [1.82, 2.24) is 0 Å². The van der Waals surface area contributed by atoms with Crippen molar-refractivity contribution in [3.63, 3.8) is 0 Å². The van der Waals surface area contributed by atoms with Crippen molar-refractivity contribution in [2.75, 3.05) is 24.9 Å². The molecule has 25 heavy (non-hydrogen) atoms. The fraction of sp³-hybridized carbons (Fsp3) is 0.188. The van der Waals surface area contributed by atoms with E-state index in [0.29, 0.717) is 22.9 Å². The van der Waals surface area contributed by atoms with E-state index in [1.807, 2.05) is 0 Å². The van der Waals surface area contributed by atoms with Gasteiger partial charge in [-0.15, -0.1) is 13.2 Å². The first-order valence-corrected chi connectivity index (χ1v) is 7.37. The minimum Gasteiger partial charge on any atom is -0.497 e. The predicted molar refractivity (Wildman–Crippen MR) is 92.5 cm³/mol. The van der Waals surface area contributed by atoms with Gasteiger partial charge < -0.3 is 24.8 Å². The lowest BCUT2D eigenvalue weighted by atomic mass is 10.2. The molecule has 5 nitrogen and oxygen atoms in total. The monoisotopic (exact) mass is 372 g/mol. The van der Waals surface area contributed by atoms with E-state index in [9.17, 15) is 13.2 Å². The number of anilines is 2. The van der Waals surface area contributed by atoms with Gasteiger partial charge >= 0.3 is 6.36 Å². The Morgan fingerprint density at radius 2 is 1.56 bits per heavy atom. The second kappa shape index (κ2) is 7.93. The van der Waals surface area contributed by atoms with Crippen molar-refractivity contribution in [3.8, 4) is 17.2 Å². The molecule has 2 aromatic rings. The van der Waals surface area contributed by atoms with Gasteiger partial charge in [0.05, 0.1) is 19.9 Å². The first-order chi connectivity index (χ1) is 11.8. The zero-order chi connectivity index (χ0) is 18.4. The highest BCUT2D eigenvalue weighted by molar-refractivity contribution is 7.80. The number of rotatable bonds is 5. The van der Waals surface area contributed by atoms with Crippen LogP contribution in [0.2, 0.25) is 0 Å². The molecular weight excluding hydrogens is 357 g/mol. The molecule has 0 aliphatic carbocycles. The van der Waals surface area contributed by atoms with E-state index >= 15 is 0 Å². The van der Waals surface area contributed by atoms with Crippen molar-refractivity contribution in [3.05, 3.63) is 42.5 Å². The molecule has 0 saturated heterocycles. The summed E-state index contributed by atoms with van der Waals surface area (Å²) in [7, 11) is 3.05. The molecule has 0 radical (unpaired) electrons. The number of benzene rings is 2. The quantitative estimate of drug-likeness (QED) is 0.759. The second-order valence-electron chi connectivity index (χ2n) is 4.72. The van der Waals surface area contributed by atoms with E-state index in [1.165, 1.54) is 38.5 Å². The van der Waals surface area contributed by atoms with Gasteiger partial charge in [-0.2, -0.15) is 0 Å². The topological polar surface area (TPSA) is 51.8 Å². The molecule has 2 rings (SSSR count). The summed E-state index contributed by atoms with van der Waals surface area (Å²) < 4.78 is 50.6. The van der Waals surface area contributed by atoms with E-state index < -0.39 is 6.36 Å². The van der Waals surface area contributed by atoms with Crippen molar-refractivity contribution >= 4 is 28.7 Å². The highest BCUT2D eigenvalue weighted by Crippen LogP contribution is 2.29. The molecular formula is C16H15F3N2O3S. The van der Waals surface area contributed by atoms with Crippen molar-refractivity contribution in [2.24, 2.45) is 0 Å². The summed E-state index contributed by atoms with van der Waals surface area (Å²) >= 11 is 5.20. The Hall–Kier alpha value is -2.68. The summed E-state index contributed by atoms with van der Waals surface area (Å²) in [5.41, 5.74) is 1.07. The summed E-state index contributed by atoms with van der Waals surface area (Å²) in [6.45, 7) is 0. The van der Waals surface area contributed by atoms with Crippen LogP contribution in [0, 0.1) is 0 Å². The zero-order valence-electron chi connectivity index (χ0n) is 13.3. The highest BCUT2D eigenvalue weighted by atomic mass is 32.1. The summed E-state index contributed by atoms with van der Waals surface area (Å²) in [5, 5.41) is 6.03. The van der Waals surface area contributed by atoms with Crippen LogP contribution in [0.15, 0.2) is 42.5 Å². The van der Waals surface area contributed by atoms with Crippen LogP contribution < -0.4 is 24.8 Å². The van der Waals surface area contributed by atoms with Crippen LogP contribution in [0.5, 0.6) is 17.2 Å². The number of alkyl halides is 3. The highest BCUT2D eigenvalue weighted by Gasteiger charge is 2.30. The molecule has 0 atom stereocenters. The molecule has 2 aromatic carbocycles. The number of nitrogens with one attached hydrogen (secondary N) is 2. The smallest absolute Gasteiger partial charge is 0.497 e. The van der Waals surface area contributed by atoms with Gasteiger partial charge in [0.2, 0.25) is 0 Å². The Bertz CT molecular complexity index is 736. The van der Waals surface area contributed by atoms with Crippen molar-refractivity contribution < 1.29 is 27.4 Å². The lowest BCUT2D eigenvalue weighted by Crippen LogP contribution is -2.20. The summed E-state index contributed by atoms with van der Waals surface area (Å²) in [6, 6.07) is 10.4. The largest absolute Gasteiger partial charge is 0.573 e. The van der Waals surface area contributed by atoms with Gasteiger partial charge in [0.25, 0.3) is 0 Å². The fourth-order valence-electron chi connectivity index (χ4n) is 1.94. The molecule has 2 N–H and O–H groups in total. The molecule has 0 aliphatic heterocycles. The lowest BCUT2D eigenvalue weighted by molar-refractivity contribution is -0.274. The molecule has 0 bridgehead atoms. The third-order valence-corrected chi connectivity index (χ3v) is 3.20. The Morgan fingerprint density at radius 1 is 0.920 bits per heavy atom. The number of hydrogen-bond acceptors (Lipinski definition) is 4. The zero-order valence-corrected chi connectivity index (χ0v) is 14.1. The molecule has 134 valence electrons. The first kappa shape index (κ1) is 18.7. The van der Waals surface area contributed by atoms with Gasteiger partial charge in [-0.1, -0.05) is 0 Å². The summed E-state index contributed by atoms with van der Waals surface area (Å²) in [4.78, 5) is 0. The van der Waals surface area contributed by atoms with Crippen LogP contribution in [0.3, 0.4) is 0 Å². The summed E-state index contributed by atoms with van der Waals surface area (Å²) in [5.74, 6) is 0.852. The maximum atomic E-state index is 12.1. The SMILES string of the molecule is COc1ccc(OC)c(NC(=S)Nc2ccc(OC(F)(F)F)cc2)c1. The predicted octanol–water partition coefficient (Wildman–Crippen LogP) is 4.41. The van der Waals surface area contributed by atoms with Gasteiger partial charge in [0, 0.05) is 11.8 Å². The van der Waals surface area contributed by atoms with Crippen LogP contribution in [0.4, 0.5) is 24.5 Å². The Kier molecular flexibility index (Phi) is 5.92. The van der Waals surface area contributed by atoms with E-state index in [4.69, 9.17) is 21.7 Å². The van der Waals surface area contributed by atoms with Crippen molar-refractivity contribution in [1.29, 1.82) is 0 Å². The van der Waals surface area contributed by atoms with Crippen LogP contribution in [-0.2, 0) is 0 Å². The second-order valence-corrected chi connectivity index (χ2v) is 5.13. The molecule has 9 heteroatoms. The number of ether oxygens (including phenoxy) is 3. The molecule has 0 aliphatic rings. The maximum Gasteiger partial charge on any atom is 0.573 e. The van der Waals surface area contributed by atoms with E-state index in [1.54, 1.807) is 18.2 Å². The molecule has 0 amide bonds. The molecule has 0 saturated carbocycles. The number of methoxy groups -OCH3 is 2. The van der Waals surface area contributed by atoms with Gasteiger partial charge in [0.15, 0.2) is 5.11 Å². The third-order valence-electron chi connectivity index (χ3n) is 3.00. The van der Waals surface area contributed by atoms with Gasteiger partial charge in [-0.25, -0.2) is 0 Å². The Balaban J connectivity index is 2.03. The van der Waals surface area contributed by atoms with Gasteiger partial charge in [-0.3, -0.25) is 0 Å². The van der Waals surface area contributed by atoms with E-state index in [0.717, 1.165) is 0 Å². The van der Waals surface area contributed by atoms with E-state index in [-0.39, 0.29) is 10.9 Å². The average Bonchev–Trinajstić information content (AvgIpc) is 2.55. The standard InChI is InChI=1S/C16H15F3N2O3S/c1-22-12-7-8-14(23-2)13(9-12)21-15(25)20-10-3-5-11(6-4-10)24-16(17,18)19/h3-9H,1-2H3,(H2,20,21,25). The molecule has 0 aromatic heterocycles. The minimum absolute atomic E-state index is 0.232. The van der Waals surface area contributed by atoms with Crippen LogP contribution >= 0.6 is 12.2 Å². The molecule has 0 heterocycles. The Morgan fingerprint density at radius 3 is 2.12 bits per heavy atom. The Labute approximate surface area is 147 Å². The first-order valence-electron chi connectivity index (χ1n) is 6.96. The van der Waals surface area contributed by atoms with E-state index in [2.05, 4.69) is 15.4 Å². The molecule has 0 unspecified atom stereocenters. The summed E-state index contributed by atoms with van der Waals surface area (Å²) in [6.07, 6.45) is -4.73. The third kappa shape index (κ3) is 5.71. The lowest BCUT2D eigenvalue weighted by Gasteiger charge is -2.15. The van der Waals surface area contributed by atoms with Gasteiger partial charge in [0.1, 0.15) is 17.2 Å². The molecule has 0 fully saturated rings. The number of halogens is 3. The van der Waals surface area contributed by atoms with Crippen LogP contribution in [0.1, 0.15) is 0 Å². The number of hydrogen-bond donors (Lipinski definition) is 2. The van der Waals surface area contributed by atoms with Crippen molar-refractivity contribution in [2.45, 2.75) is 6.36 Å².